The normalized spacial score (nSPS) is 18.3. The van der Waals surface area contributed by atoms with Gasteiger partial charge >= 0.3 is 11.9 Å². The molecule has 0 spiro atoms. The van der Waals surface area contributed by atoms with E-state index in [2.05, 4.69) is 4.74 Å². The summed E-state index contributed by atoms with van der Waals surface area (Å²) < 4.78 is 20.2. The first-order valence-corrected chi connectivity index (χ1v) is 5.78. The van der Waals surface area contributed by atoms with Crippen LogP contribution in [-0.2, 0) is 19.1 Å². The molecule has 1 aliphatic rings. The summed E-state index contributed by atoms with van der Waals surface area (Å²) in [6.07, 6.45) is -1.86. The highest BCUT2D eigenvalue weighted by molar-refractivity contribution is 5.81. The van der Waals surface area contributed by atoms with Gasteiger partial charge in [-0.25, -0.2) is 9.59 Å². The summed E-state index contributed by atoms with van der Waals surface area (Å²) in [6, 6.07) is 7.01. The Kier molecular flexibility index (Phi) is 3.89. The molecule has 6 nitrogen and oxygen atoms in total. The van der Waals surface area contributed by atoms with Crippen molar-refractivity contribution in [3.05, 3.63) is 24.3 Å². The van der Waals surface area contributed by atoms with E-state index >= 15 is 0 Å². The van der Waals surface area contributed by atoms with Gasteiger partial charge in [0, 0.05) is 0 Å². The summed E-state index contributed by atoms with van der Waals surface area (Å²) in [4.78, 5) is 23.0. The number of carbonyl (C=O) groups excluding carboxylic acids is 2. The van der Waals surface area contributed by atoms with Crippen molar-refractivity contribution < 1.29 is 28.5 Å². The average molecular weight is 266 g/mol. The lowest BCUT2D eigenvalue weighted by Crippen LogP contribution is -2.40. The van der Waals surface area contributed by atoms with E-state index < -0.39 is 24.1 Å². The molecule has 1 heterocycles. The lowest BCUT2D eigenvalue weighted by Gasteiger charge is -2.25. The van der Waals surface area contributed by atoms with Gasteiger partial charge in [0.05, 0.1) is 7.11 Å². The molecule has 0 amide bonds. The van der Waals surface area contributed by atoms with Gasteiger partial charge in [-0.3, -0.25) is 0 Å². The Morgan fingerprint density at radius 2 is 2.00 bits per heavy atom. The number of benzene rings is 1. The number of hydrogen-bond acceptors (Lipinski definition) is 6. The van der Waals surface area contributed by atoms with E-state index in [0.717, 1.165) is 0 Å². The molecule has 0 bridgehead atoms. The highest BCUT2D eigenvalue weighted by Gasteiger charge is 2.31. The Balaban J connectivity index is 1.97. The van der Waals surface area contributed by atoms with E-state index in [-0.39, 0.29) is 6.61 Å². The third-order valence-corrected chi connectivity index (χ3v) is 2.60. The molecule has 2 atom stereocenters. The predicted molar refractivity (Wildman–Crippen MR) is 63.9 cm³/mol. The Labute approximate surface area is 110 Å². The first-order chi connectivity index (χ1) is 9.11. The Morgan fingerprint density at radius 1 is 1.32 bits per heavy atom. The van der Waals surface area contributed by atoms with E-state index in [4.69, 9.17) is 14.2 Å². The molecule has 0 fully saturated rings. The van der Waals surface area contributed by atoms with Crippen LogP contribution in [0.1, 0.15) is 6.92 Å². The maximum atomic E-state index is 11.8. The zero-order chi connectivity index (χ0) is 13.8. The number of ether oxygens (including phenoxy) is 4. The Bertz CT molecular complexity index is 484. The predicted octanol–water partition coefficient (Wildman–Crippen LogP) is 0.931. The first kappa shape index (κ1) is 13.2. The fraction of sp³-hybridized carbons (Fsp3) is 0.385. The molecule has 102 valence electrons. The van der Waals surface area contributed by atoms with Crippen molar-refractivity contribution in [3.63, 3.8) is 0 Å². The third kappa shape index (κ3) is 2.96. The minimum Gasteiger partial charge on any atom is -0.485 e. The molecule has 0 unspecified atom stereocenters. The maximum Gasteiger partial charge on any atom is 0.351 e. The number of fused-ring (bicyclic) bond motifs is 1. The van der Waals surface area contributed by atoms with E-state index in [1.165, 1.54) is 14.0 Å². The van der Waals surface area contributed by atoms with Crippen LogP contribution in [0, 0.1) is 0 Å². The first-order valence-electron chi connectivity index (χ1n) is 5.78. The fourth-order valence-corrected chi connectivity index (χ4v) is 1.60. The molecule has 19 heavy (non-hydrogen) atoms. The highest BCUT2D eigenvalue weighted by atomic mass is 16.6. The zero-order valence-corrected chi connectivity index (χ0v) is 10.6. The van der Waals surface area contributed by atoms with E-state index in [1.54, 1.807) is 24.3 Å². The largest absolute Gasteiger partial charge is 0.485 e. The lowest BCUT2D eigenvalue weighted by molar-refractivity contribution is -0.171. The summed E-state index contributed by atoms with van der Waals surface area (Å²) in [7, 11) is 1.23. The second-order valence-corrected chi connectivity index (χ2v) is 3.97. The van der Waals surface area contributed by atoms with E-state index in [9.17, 15) is 9.59 Å². The van der Waals surface area contributed by atoms with Crippen molar-refractivity contribution in [3.8, 4) is 11.5 Å². The van der Waals surface area contributed by atoms with Crippen LogP contribution in [0.25, 0.3) is 0 Å². The van der Waals surface area contributed by atoms with Gasteiger partial charge in [0.15, 0.2) is 17.6 Å². The van der Waals surface area contributed by atoms with E-state index in [1.807, 2.05) is 0 Å². The van der Waals surface area contributed by atoms with Gasteiger partial charge in [0.2, 0.25) is 6.10 Å². The number of para-hydroxylation sites is 2. The monoisotopic (exact) mass is 266 g/mol. The summed E-state index contributed by atoms with van der Waals surface area (Å²) in [5.41, 5.74) is 0. The smallest absolute Gasteiger partial charge is 0.351 e. The van der Waals surface area contributed by atoms with Gasteiger partial charge in [0.1, 0.15) is 6.61 Å². The van der Waals surface area contributed by atoms with Crippen LogP contribution in [0.4, 0.5) is 0 Å². The fourth-order valence-electron chi connectivity index (χ4n) is 1.60. The average Bonchev–Trinajstić information content (AvgIpc) is 2.45. The molecule has 0 saturated heterocycles. The van der Waals surface area contributed by atoms with Crippen molar-refractivity contribution in [2.45, 2.75) is 19.1 Å². The second kappa shape index (κ2) is 5.60. The summed E-state index contributed by atoms with van der Waals surface area (Å²) >= 11 is 0. The van der Waals surface area contributed by atoms with Gasteiger partial charge in [-0.2, -0.15) is 0 Å². The topological polar surface area (TPSA) is 71.1 Å². The van der Waals surface area contributed by atoms with Crippen LogP contribution in [-0.4, -0.2) is 37.9 Å². The van der Waals surface area contributed by atoms with Crippen molar-refractivity contribution >= 4 is 11.9 Å². The van der Waals surface area contributed by atoms with Gasteiger partial charge in [-0.15, -0.1) is 0 Å². The quantitative estimate of drug-likeness (QED) is 0.758. The number of esters is 2. The molecule has 1 aliphatic heterocycles. The molecule has 2 rings (SSSR count). The van der Waals surface area contributed by atoms with Gasteiger partial charge in [-0.05, 0) is 19.1 Å². The molecule has 1 aromatic carbocycles. The van der Waals surface area contributed by atoms with Crippen LogP contribution < -0.4 is 9.47 Å². The van der Waals surface area contributed by atoms with Gasteiger partial charge < -0.3 is 18.9 Å². The standard InChI is InChI=1S/C13H14O6/c1-8(12(14)16-2)18-13(15)11-7-17-9-5-3-4-6-10(9)19-11/h3-6,8,11H,7H2,1-2H3/t8-,11+/m1/s1. The Morgan fingerprint density at radius 3 is 2.68 bits per heavy atom. The number of methoxy groups -OCH3 is 1. The maximum absolute atomic E-state index is 11.8. The van der Waals surface area contributed by atoms with Crippen molar-refractivity contribution in [1.29, 1.82) is 0 Å². The highest BCUT2D eigenvalue weighted by Crippen LogP contribution is 2.31. The van der Waals surface area contributed by atoms with Crippen LogP contribution in [0.2, 0.25) is 0 Å². The van der Waals surface area contributed by atoms with Crippen molar-refractivity contribution in [2.24, 2.45) is 0 Å². The molecule has 6 heteroatoms. The summed E-state index contributed by atoms with van der Waals surface area (Å²) in [5, 5.41) is 0. The minimum atomic E-state index is -0.974. The van der Waals surface area contributed by atoms with Crippen molar-refractivity contribution in [1.82, 2.24) is 0 Å². The number of hydrogen-bond donors (Lipinski definition) is 0. The van der Waals surface area contributed by atoms with Crippen LogP contribution in [0.5, 0.6) is 11.5 Å². The van der Waals surface area contributed by atoms with Crippen molar-refractivity contribution in [2.75, 3.05) is 13.7 Å². The van der Waals surface area contributed by atoms with Crippen LogP contribution in [0.15, 0.2) is 24.3 Å². The molecule has 0 aliphatic carbocycles. The molecule has 1 aromatic rings. The summed E-state index contributed by atoms with van der Waals surface area (Å²) in [5.74, 6) is -0.230. The van der Waals surface area contributed by atoms with E-state index in [0.29, 0.717) is 11.5 Å². The molecular formula is C13H14O6. The number of rotatable bonds is 3. The SMILES string of the molecule is COC(=O)[C@@H](C)OC(=O)[C@@H]1COc2ccccc2O1. The van der Waals surface area contributed by atoms with Gasteiger partial charge in [-0.1, -0.05) is 12.1 Å². The molecular weight excluding hydrogens is 252 g/mol. The minimum absolute atomic E-state index is 0.0454. The zero-order valence-electron chi connectivity index (χ0n) is 10.6. The lowest BCUT2D eigenvalue weighted by atomic mass is 10.2. The number of carbonyl (C=O) groups is 2. The van der Waals surface area contributed by atoms with Crippen LogP contribution >= 0.6 is 0 Å². The second-order valence-electron chi connectivity index (χ2n) is 3.97. The molecule has 0 N–H and O–H groups in total. The molecule has 0 radical (unpaired) electrons. The van der Waals surface area contributed by atoms with Gasteiger partial charge in [0.25, 0.3) is 0 Å². The third-order valence-electron chi connectivity index (χ3n) is 2.60. The molecule has 0 saturated carbocycles. The van der Waals surface area contributed by atoms with Crippen LogP contribution in [0.3, 0.4) is 0 Å². The Hall–Kier alpha value is -2.24. The summed E-state index contributed by atoms with van der Waals surface area (Å²) in [6.45, 7) is 1.48. The molecule has 0 aromatic heterocycles.